The maximum atomic E-state index is 13.3. The molecule has 5 rings (SSSR count). The van der Waals surface area contributed by atoms with E-state index in [0.29, 0.717) is 35.2 Å². The Morgan fingerprint density at radius 1 is 1.12 bits per heavy atom. The van der Waals surface area contributed by atoms with Crippen LogP contribution in [0.15, 0.2) is 59.6 Å². The fourth-order valence-corrected chi connectivity index (χ4v) is 6.59. The average Bonchev–Trinajstić information content (AvgIpc) is 3.39. The van der Waals surface area contributed by atoms with E-state index in [4.69, 9.17) is 23.2 Å². The Morgan fingerprint density at radius 3 is 2.63 bits per heavy atom. The Hall–Kier alpha value is -3.73. The number of carbonyl (C=O) groups excluding carboxylic acids is 2. The number of sulfone groups is 1. The lowest BCUT2D eigenvalue weighted by Gasteiger charge is -2.30. The van der Waals surface area contributed by atoms with Crippen molar-refractivity contribution < 1.29 is 27.9 Å². The monoisotopic (exact) mass is 613 g/mol. The summed E-state index contributed by atoms with van der Waals surface area (Å²) < 4.78 is 23.8. The third-order valence-electron chi connectivity index (χ3n) is 7.25. The molecule has 212 valence electrons. The number of H-pyrrole nitrogens is 1. The van der Waals surface area contributed by atoms with E-state index < -0.39 is 27.5 Å². The number of amides is 1. The van der Waals surface area contributed by atoms with E-state index in [1.54, 1.807) is 35.4 Å². The van der Waals surface area contributed by atoms with Crippen LogP contribution in [0.5, 0.6) is 0 Å². The van der Waals surface area contributed by atoms with Crippen LogP contribution in [0.3, 0.4) is 0 Å². The molecule has 1 aliphatic rings. The number of hydrogen-bond acceptors (Lipinski definition) is 6. The van der Waals surface area contributed by atoms with Gasteiger partial charge in [-0.3, -0.25) is 19.5 Å². The summed E-state index contributed by atoms with van der Waals surface area (Å²) in [5, 5.41) is 17.8. The number of carboxylic acids is 1. The van der Waals surface area contributed by atoms with Crippen molar-refractivity contribution in [1.29, 1.82) is 0 Å². The molecule has 12 heteroatoms. The van der Waals surface area contributed by atoms with Crippen LogP contribution < -0.4 is 0 Å². The first-order valence-electron chi connectivity index (χ1n) is 12.7. The van der Waals surface area contributed by atoms with E-state index in [-0.39, 0.29) is 45.8 Å². The standard InChI is InChI=1S/C29H25Cl2N3O6S/c1-41(39,40)21-4-2-3-16(10-21)9-19(29(37)38)13-25(35)26-23(30)11-20-15-34(8-7-22(20)27(26)31)28(36)17-5-6-18-14-32-33-24(18)12-17/h2-6,10-12,14,19H,7-9,13,15H2,1H3,(H,32,33)(H,37,38)/t19-/m1/s1. The van der Waals surface area contributed by atoms with Gasteiger partial charge in [0.1, 0.15) is 0 Å². The lowest BCUT2D eigenvalue weighted by molar-refractivity contribution is -0.141. The third-order valence-corrected chi connectivity index (χ3v) is 9.07. The molecule has 2 heterocycles. The molecule has 41 heavy (non-hydrogen) atoms. The van der Waals surface area contributed by atoms with Crippen LogP contribution in [0, 0.1) is 5.92 Å². The van der Waals surface area contributed by atoms with Crippen LogP contribution in [-0.2, 0) is 34.0 Å². The number of aliphatic carboxylic acids is 1. The summed E-state index contributed by atoms with van der Waals surface area (Å²) in [6.07, 6.45) is 2.71. The number of rotatable bonds is 8. The van der Waals surface area contributed by atoms with E-state index in [9.17, 15) is 27.9 Å². The molecule has 0 saturated carbocycles. The van der Waals surface area contributed by atoms with Crippen LogP contribution >= 0.6 is 23.2 Å². The smallest absolute Gasteiger partial charge is 0.307 e. The van der Waals surface area contributed by atoms with Crippen LogP contribution in [0.1, 0.15) is 43.8 Å². The summed E-state index contributed by atoms with van der Waals surface area (Å²) in [4.78, 5) is 40.4. The Morgan fingerprint density at radius 2 is 1.90 bits per heavy atom. The minimum atomic E-state index is -3.48. The molecule has 0 saturated heterocycles. The van der Waals surface area contributed by atoms with Gasteiger partial charge in [-0.1, -0.05) is 41.4 Å². The molecule has 1 aliphatic heterocycles. The molecule has 9 nitrogen and oxygen atoms in total. The highest BCUT2D eigenvalue weighted by Gasteiger charge is 2.30. The van der Waals surface area contributed by atoms with Gasteiger partial charge in [0.05, 0.1) is 38.1 Å². The summed E-state index contributed by atoms with van der Waals surface area (Å²) in [5.41, 5.74) is 3.20. The van der Waals surface area contributed by atoms with Gasteiger partial charge in [-0.2, -0.15) is 5.10 Å². The number of carboxylic acid groups (broad SMARTS) is 1. The second-order valence-corrected chi connectivity index (χ2v) is 12.9. The molecular formula is C29H25Cl2N3O6S. The molecular weight excluding hydrogens is 589 g/mol. The fraction of sp³-hybridized carbons (Fsp3) is 0.241. The van der Waals surface area contributed by atoms with Crippen LogP contribution in [0.2, 0.25) is 10.0 Å². The van der Waals surface area contributed by atoms with Crippen molar-refractivity contribution in [3.8, 4) is 0 Å². The van der Waals surface area contributed by atoms with Crippen LogP contribution in [0.4, 0.5) is 0 Å². The number of ketones is 1. The SMILES string of the molecule is CS(=O)(=O)c1cccc(C[C@H](CC(=O)c2c(Cl)cc3c(c2Cl)CCN(C(=O)c2ccc4cn[nH]c4c2)C3)C(=O)O)c1. The second-order valence-electron chi connectivity index (χ2n) is 10.1. The normalized spacial score (nSPS) is 14.1. The first-order chi connectivity index (χ1) is 19.4. The first-order valence-corrected chi connectivity index (χ1v) is 15.3. The molecule has 0 fully saturated rings. The number of aromatic amines is 1. The first kappa shape index (κ1) is 28.8. The largest absolute Gasteiger partial charge is 0.481 e. The lowest BCUT2D eigenvalue weighted by atomic mass is 9.89. The summed E-state index contributed by atoms with van der Waals surface area (Å²) in [7, 11) is -3.48. The van der Waals surface area contributed by atoms with Gasteiger partial charge in [-0.15, -0.1) is 0 Å². The molecule has 0 spiro atoms. The van der Waals surface area contributed by atoms with Crippen molar-refractivity contribution in [2.75, 3.05) is 12.8 Å². The zero-order valence-corrected chi connectivity index (χ0v) is 24.2. The van der Waals surface area contributed by atoms with Gasteiger partial charge in [0.15, 0.2) is 15.6 Å². The molecule has 4 aromatic rings. The number of benzene rings is 3. The number of nitrogens with zero attached hydrogens (tertiary/aromatic N) is 2. The maximum Gasteiger partial charge on any atom is 0.307 e. The minimum Gasteiger partial charge on any atom is -0.481 e. The molecule has 0 bridgehead atoms. The van der Waals surface area contributed by atoms with Crippen molar-refractivity contribution in [2.24, 2.45) is 5.92 Å². The second kappa shape index (κ2) is 11.3. The Kier molecular flexibility index (Phi) is 7.91. The topological polar surface area (TPSA) is 138 Å². The van der Waals surface area contributed by atoms with Gasteiger partial charge in [0, 0.05) is 36.7 Å². The third kappa shape index (κ3) is 6.00. The average molecular weight is 615 g/mol. The van der Waals surface area contributed by atoms with Gasteiger partial charge >= 0.3 is 5.97 Å². The minimum absolute atomic E-state index is 0.0488. The van der Waals surface area contributed by atoms with Crippen molar-refractivity contribution >= 4 is 61.6 Å². The number of hydrogen-bond donors (Lipinski definition) is 2. The quantitative estimate of drug-likeness (QED) is 0.267. The highest BCUT2D eigenvalue weighted by Crippen LogP contribution is 2.36. The zero-order valence-electron chi connectivity index (χ0n) is 21.9. The predicted octanol–water partition coefficient (Wildman–Crippen LogP) is 4.99. The summed E-state index contributed by atoms with van der Waals surface area (Å²) >= 11 is 13.2. The van der Waals surface area contributed by atoms with E-state index in [0.717, 1.165) is 17.2 Å². The number of aromatic nitrogens is 2. The maximum absolute atomic E-state index is 13.3. The molecule has 0 radical (unpaired) electrons. The Labute approximate surface area is 246 Å². The van der Waals surface area contributed by atoms with Gasteiger partial charge in [-0.25, -0.2) is 8.42 Å². The molecule has 1 atom stereocenters. The summed E-state index contributed by atoms with van der Waals surface area (Å²) in [6.45, 7) is 0.619. The molecule has 1 aromatic heterocycles. The fourth-order valence-electron chi connectivity index (χ4n) is 5.09. The van der Waals surface area contributed by atoms with Crippen LogP contribution in [0.25, 0.3) is 10.9 Å². The number of carbonyl (C=O) groups is 3. The predicted molar refractivity (Wildman–Crippen MR) is 154 cm³/mol. The highest BCUT2D eigenvalue weighted by molar-refractivity contribution is 7.90. The van der Waals surface area contributed by atoms with Gasteiger partial charge < -0.3 is 10.0 Å². The van der Waals surface area contributed by atoms with E-state index >= 15 is 0 Å². The summed E-state index contributed by atoms with van der Waals surface area (Å²) in [5.74, 6) is -3.01. The van der Waals surface area contributed by atoms with Gasteiger partial charge in [-0.05, 0) is 59.9 Å². The molecule has 0 unspecified atom stereocenters. The lowest BCUT2D eigenvalue weighted by Crippen LogP contribution is -2.36. The van der Waals surface area contributed by atoms with Crippen molar-refractivity contribution in [3.05, 3.63) is 92.6 Å². The highest BCUT2D eigenvalue weighted by atomic mass is 35.5. The van der Waals surface area contributed by atoms with Crippen molar-refractivity contribution in [2.45, 2.75) is 30.7 Å². The summed E-state index contributed by atoms with van der Waals surface area (Å²) in [6, 6.07) is 12.9. The number of Topliss-reactive ketones (excluding diaryl/α,β-unsaturated/α-hetero) is 1. The molecule has 0 aliphatic carbocycles. The molecule has 1 amide bonds. The van der Waals surface area contributed by atoms with E-state index in [1.165, 1.54) is 18.2 Å². The van der Waals surface area contributed by atoms with Gasteiger partial charge in [0.25, 0.3) is 5.91 Å². The van der Waals surface area contributed by atoms with Crippen LogP contribution in [-0.4, -0.2) is 59.1 Å². The molecule has 2 N–H and O–H groups in total. The zero-order chi connectivity index (χ0) is 29.5. The van der Waals surface area contributed by atoms with E-state index in [1.807, 2.05) is 6.07 Å². The van der Waals surface area contributed by atoms with E-state index in [2.05, 4.69) is 10.2 Å². The Bertz CT molecular complexity index is 1820. The number of nitrogens with one attached hydrogen (secondary N) is 1. The Balaban J connectivity index is 1.35. The number of fused-ring (bicyclic) bond motifs is 2. The molecule has 3 aromatic carbocycles. The van der Waals surface area contributed by atoms with Crippen molar-refractivity contribution in [3.63, 3.8) is 0 Å². The number of halogens is 2. The van der Waals surface area contributed by atoms with Crippen molar-refractivity contribution in [1.82, 2.24) is 15.1 Å². The van der Waals surface area contributed by atoms with Gasteiger partial charge in [0.2, 0.25) is 0 Å².